The second-order valence-corrected chi connectivity index (χ2v) is 22.0. The largest absolute Gasteiger partial charge is 0.310 e. The van der Waals surface area contributed by atoms with Crippen LogP contribution in [0.25, 0.3) is 94.3 Å². The van der Waals surface area contributed by atoms with E-state index in [1.165, 1.54) is 122 Å². The first-order valence-corrected chi connectivity index (χ1v) is 27.3. The fourth-order valence-corrected chi connectivity index (χ4v) is 14.1. The maximum atomic E-state index is 2.50. The van der Waals surface area contributed by atoms with Gasteiger partial charge in [0.15, 0.2) is 0 Å². The maximum absolute atomic E-state index is 2.50. The lowest BCUT2D eigenvalue weighted by molar-refractivity contribution is 0.661. The van der Waals surface area contributed by atoms with Crippen molar-refractivity contribution in [1.29, 1.82) is 0 Å². The van der Waals surface area contributed by atoms with Crippen molar-refractivity contribution in [2.75, 3.05) is 4.90 Å². The first-order chi connectivity index (χ1) is 38.4. The topological polar surface area (TPSA) is 8.17 Å². The first-order valence-electron chi connectivity index (χ1n) is 27.3. The summed E-state index contributed by atoms with van der Waals surface area (Å²) in [4.78, 5) is 2.50. The molecule has 0 saturated heterocycles. The average molecular weight is 993 g/mol. The van der Waals surface area contributed by atoms with Gasteiger partial charge in [-0.3, -0.25) is 0 Å². The van der Waals surface area contributed by atoms with E-state index in [-0.39, 0.29) is 5.41 Å². The van der Waals surface area contributed by atoms with E-state index < -0.39 is 5.41 Å². The average Bonchev–Trinajstić information content (AvgIpc) is 3.57. The molecule has 0 radical (unpaired) electrons. The van der Waals surface area contributed by atoms with E-state index in [1.54, 1.807) is 0 Å². The molecule has 0 fully saturated rings. The van der Waals surface area contributed by atoms with Crippen LogP contribution in [0.15, 0.2) is 279 Å². The Hall–Kier alpha value is -9.76. The molecule has 2 heteroatoms. The van der Waals surface area contributed by atoms with E-state index in [1.807, 2.05) is 0 Å². The third-order valence-corrected chi connectivity index (χ3v) is 17.6. The van der Waals surface area contributed by atoms with Crippen LogP contribution in [0.1, 0.15) is 47.2 Å². The third-order valence-electron chi connectivity index (χ3n) is 17.6. The highest BCUT2D eigenvalue weighted by molar-refractivity contribution is 6.13. The number of hydrogen-bond donors (Lipinski definition) is 0. The van der Waals surface area contributed by atoms with E-state index >= 15 is 0 Å². The second-order valence-electron chi connectivity index (χ2n) is 22.0. The Kier molecular flexibility index (Phi) is 9.63. The quantitative estimate of drug-likeness (QED) is 0.154. The lowest BCUT2D eigenvalue weighted by Crippen LogP contribution is -2.26. The van der Waals surface area contributed by atoms with Crippen molar-refractivity contribution in [1.82, 2.24) is 4.57 Å². The van der Waals surface area contributed by atoms with Crippen LogP contribution in [-0.4, -0.2) is 4.57 Å². The Labute approximate surface area is 455 Å². The van der Waals surface area contributed by atoms with Gasteiger partial charge in [-0.2, -0.15) is 0 Å². The van der Waals surface area contributed by atoms with Gasteiger partial charge in [0.1, 0.15) is 0 Å². The Morgan fingerprint density at radius 2 is 0.782 bits per heavy atom. The molecule has 0 N–H and O–H groups in total. The highest BCUT2D eigenvalue weighted by Crippen LogP contribution is 2.65. The smallest absolute Gasteiger partial charge is 0.0726 e. The van der Waals surface area contributed by atoms with Crippen LogP contribution in [0.5, 0.6) is 0 Å². The highest BCUT2D eigenvalue weighted by Gasteiger charge is 2.52. The fraction of sp³-hybridized carbons (Fsp3) is 0.0526. The van der Waals surface area contributed by atoms with Crippen molar-refractivity contribution in [3.05, 3.63) is 312 Å². The van der Waals surface area contributed by atoms with Gasteiger partial charge in [0, 0.05) is 38.8 Å². The number of rotatable bonds is 7. The molecule has 1 aromatic heterocycles. The molecule has 0 bridgehead atoms. The number of anilines is 3. The molecule has 0 aliphatic heterocycles. The van der Waals surface area contributed by atoms with Gasteiger partial charge in [-0.15, -0.1) is 0 Å². The summed E-state index contributed by atoms with van der Waals surface area (Å²) >= 11 is 0. The summed E-state index contributed by atoms with van der Waals surface area (Å²) in [6.45, 7) is 4.74. The molecule has 2 nitrogen and oxygen atoms in total. The zero-order valence-corrected chi connectivity index (χ0v) is 43.5. The van der Waals surface area contributed by atoms with Crippen molar-refractivity contribution >= 4 is 38.9 Å². The van der Waals surface area contributed by atoms with Gasteiger partial charge < -0.3 is 9.47 Å². The van der Waals surface area contributed by atoms with E-state index in [0.29, 0.717) is 0 Å². The van der Waals surface area contributed by atoms with Crippen LogP contribution in [0.3, 0.4) is 0 Å². The van der Waals surface area contributed by atoms with Crippen molar-refractivity contribution in [2.24, 2.45) is 0 Å². The molecule has 366 valence electrons. The molecule has 3 aliphatic carbocycles. The first kappa shape index (κ1) is 44.5. The Morgan fingerprint density at radius 1 is 0.295 bits per heavy atom. The normalized spacial score (nSPS) is 13.7. The van der Waals surface area contributed by atoms with Crippen LogP contribution < -0.4 is 4.90 Å². The zero-order chi connectivity index (χ0) is 51.7. The molecule has 12 aromatic carbocycles. The Bertz CT molecular complexity index is 4530. The van der Waals surface area contributed by atoms with Gasteiger partial charge in [0.2, 0.25) is 0 Å². The van der Waals surface area contributed by atoms with E-state index in [9.17, 15) is 0 Å². The molecule has 16 rings (SSSR count). The summed E-state index contributed by atoms with van der Waals surface area (Å²) in [5.41, 5.74) is 29.4. The van der Waals surface area contributed by atoms with Crippen LogP contribution in [0, 0.1) is 0 Å². The molecule has 1 heterocycles. The molecule has 0 saturated carbocycles. The molecule has 1 spiro atoms. The van der Waals surface area contributed by atoms with Crippen molar-refractivity contribution in [3.8, 4) is 72.4 Å². The van der Waals surface area contributed by atoms with Gasteiger partial charge in [-0.1, -0.05) is 220 Å². The Balaban J connectivity index is 0.852. The van der Waals surface area contributed by atoms with E-state index in [0.717, 1.165) is 22.6 Å². The number of fused-ring (bicyclic) bond motifs is 16. The minimum absolute atomic E-state index is 0.101. The SMILES string of the molecule is CC1(C)c2ccccc2-c2cc3c4cc(-c5cccc(-c6cccc(N(c7ccc(-c8ccccc8)cc7)c7cccc8c7-c7ccccc7C87c8ccccc8-c8ccccc87)c6)c5)ccc4n(-c4ccccc4)c3cc21. The van der Waals surface area contributed by atoms with Crippen LogP contribution in [-0.2, 0) is 10.8 Å². The predicted octanol–water partition coefficient (Wildman–Crippen LogP) is 19.9. The summed E-state index contributed by atoms with van der Waals surface area (Å²) in [5, 5.41) is 2.52. The second kappa shape index (κ2) is 16.9. The minimum atomic E-state index is -0.456. The summed E-state index contributed by atoms with van der Waals surface area (Å²) < 4.78 is 2.46. The summed E-state index contributed by atoms with van der Waals surface area (Å²) in [6, 6.07) is 104. The fourth-order valence-electron chi connectivity index (χ4n) is 14.1. The number of benzene rings is 12. The number of para-hydroxylation sites is 1. The lowest BCUT2D eigenvalue weighted by atomic mass is 9.70. The van der Waals surface area contributed by atoms with Gasteiger partial charge in [-0.25, -0.2) is 0 Å². The third kappa shape index (κ3) is 6.32. The standard InChI is InChI=1S/C76H52N2/c1-75(2)65-32-13-9-30-60(65)62-47-64-63-46-54(40-43-71(63)78(73(64)48-70(62)75)55-25-7-4-8-26-55)52-23-17-22-51(44-52)53-24-18-27-57(45-53)77(56-41-38-50(39-42-56)49-20-5-3-6-21-49)72-37-19-36-69-74(72)61-31-12-16-35-68(61)76(69)66-33-14-10-28-58(66)59-29-11-15-34-67(59)76/h3-48H,1-2H3. The number of aromatic nitrogens is 1. The summed E-state index contributed by atoms with van der Waals surface area (Å²) in [5.74, 6) is 0. The molecular weight excluding hydrogens is 941 g/mol. The summed E-state index contributed by atoms with van der Waals surface area (Å²) in [6.07, 6.45) is 0. The van der Waals surface area contributed by atoms with Gasteiger partial charge >= 0.3 is 0 Å². The van der Waals surface area contributed by atoms with Gasteiger partial charge in [0.25, 0.3) is 0 Å². The molecule has 78 heavy (non-hydrogen) atoms. The number of hydrogen-bond acceptors (Lipinski definition) is 1. The van der Waals surface area contributed by atoms with Crippen molar-refractivity contribution in [3.63, 3.8) is 0 Å². The molecule has 0 amide bonds. The van der Waals surface area contributed by atoms with Crippen LogP contribution in [0.2, 0.25) is 0 Å². The molecule has 0 atom stereocenters. The van der Waals surface area contributed by atoms with Crippen LogP contribution >= 0.6 is 0 Å². The summed E-state index contributed by atoms with van der Waals surface area (Å²) in [7, 11) is 0. The van der Waals surface area contributed by atoms with Crippen molar-refractivity contribution < 1.29 is 0 Å². The lowest BCUT2D eigenvalue weighted by Gasteiger charge is -2.32. The van der Waals surface area contributed by atoms with Crippen molar-refractivity contribution in [2.45, 2.75) is 24.7 Å². The van der Waals surface area contributed by atoms with E-state index in [2.05, 4.69) is 302 Å². The highest BCUT2D eigenvalue weighted by atomic mass is 15.1. The molecular formula is C76H52N2. The minimum Gasteiger partial charge on any atom is -0.310 e. The number of nitrogens with zero attached hydrogens (tertiary/aromatic N) is 2. The monoisotopic (exact) mass is 992 g/mol. The van der Waals surface area contributed by atoms with Crippen LogP contribution in [0.4, 0.5) is 17.1 Å². The zero-order valence-electron chi connectivity index (χ0n) is 43.5. The maximum Gasteiger partial charge on any atom is 0.0726 e. The van der Waals surface area contributed by atoms with Gasteiger partial charge in [-0.05, 0) is 167 Å². The molecule has 13 aromatic rings. The van der Waals surface area contributed by atoms with E-state index in [4.69, 9.17) is 0 Å². The molecule has 0 unspecified atom stereocenters. The predicted molar refractivity (Wildman–Crippen MR) is 326 cm³/mol. The van der Waals surface area contributed by atoms with Gasteiger partial charge in [0.05, 0.1) is 22.1 Å². The molecule has 3 aliphatic rings. The Morgan fingerprint density at radius 3 is 1.47 bits per heavy atom.